The Kier molecular flexibility index (Phi) is 5.30. The fourth-order valence-electron chi connectivity index (χ4n) is 2.58. The number of aryl methyl sites for hydroxylation is 1. The lowest BCUT2D eigenvalue weighted by molar-refractivity contribution is 0.234. The number of benzene rings is 1. The van der Waals surface area contributed by atoms with Gasteiger partial charge in [0.1, 0.15) is 5.75 Å². The molecule has 0 atom stereocenters. The van der Waals surface area contributed by atoms with Crippen molar-refractivity contribution in [3.05, 3.63) is 54.6 Å². The van der Waals surface area contributed by atoms with E-state index < -0.39 is 0 Å². The second-order valence-corrected chi connectivity index (χ2v) is 5.72. The molecule has 0 radical (unpaired) electrons. The molecule has 0 amide bonds. The second kappa shape index (κ2) is 7.81. The van der Waals surface area contributed by atoms with E-state index in [-0.39, 0.29) is 6.61 Å². The molecular weight excluding hydrogens is 316 g/mol. The summed E-state index contributed by atoms with van der Waals surface area (Å²) in [5, 5.41) is 16.6. The van der Waals surface area contributed by atoms with Crippen LogP contribution < -0.4 is 10.1 Å². The molecule has 2 aromatic heterocycles. The molecule has 1 aromatic carbocycles. The fraction of sp³-hybridized carbons (Fsp3) is 0.263. The molecule has 0 saturated heterocycles. The largest absolute Gasteiger partial charge is 0.493 e. The Hall–Kier alpha value is -2.86. The third kappa shape index (κ3) is 3.80. The van der Waals surface area contributed by atoms with Crippen LogP contribution >= 0.6 is 0 Å². The zero-order valence-corrected chi connectivity index (χ0v) is 14.4. The van der Waals surface area contributed by atoms with Crippen molar-refractivity contribution in [1.82, 2.24) is 14.8 Å². The minimum Gasteiger partial charge on any atom is -0.493 e. The summed E-state index contributed by atoms with van der Waals surface area (Å²) in [6, 6.07) is 8.00. The lowest BCUT2D eigenvalue weighted by Crippen LogP contribution is -2.01. The summed E-state index contributed by atoms with van der Waals surface area (Å²) < 4.78 is 7.62. The van der Waals surface area contributed by atoms with Crippen LogP contribution in [0.1, 0.15) is 12.0 Å². The average Bonchev–Trinajstić information content (AvgIpc) is 3.12. The standard InChI is InChI=1S/C19H22N4O2/c1-14-4-5-16(20-2)10-18(14)23-13-15(11-22-23)17-12-21-7-6-19(17)25-9-3-8-24/h4-7,10-13,20,24H,3,8-9H2,1-2H3. The van der Waals surface area contributed by atoms with E-state index in [1.165, 1.54) is 0 Å². The van der Waals surface area contributed by atoms with Crippen LogP contribution in [0.15, 0.2) is 49.1 Å². The number of aromatic nitrogens is 3. The molecule has 130 valence electrons. The van der Waals surface area contributed by atoms with Crippen molar-refractivity contribution < 1.29 is 9.84 Å². The van der Waals surface area contributed by atoms with E-state index in [0.717, 1.165) is 33.8 Å². The van der Waals surface area contributed by atoms with Crippen LogP contribution in [-0.2, 0) is 0 Å². The molecule has 0 fully saturated rings. The lowest BCUT2D eigenvalue weighted by Gasteiger charge is -2.10. The highest BCUT2D eigenvalue weighted by Gasteiger charge is 2.11. The number of nitrogens with zero attached hydrogens (tertiary/aromatic N) is 3. The van der Waals surface area contributed by atoms with Crippen LogP contribution in [-0.4, -0.2) is 40.1 Å². The van der Waals surface area contributed by atoms with E-state index >= 15 is 0 Å². The van der Waals surface area contributed by atoms with Crippen molar-refractivity contribution >= 4 is 5.69 Å². The first-order chi connectivity index (χ1) is 12.2. The van der Waals surface area contributed by atoms with Crippen molar-refractivity contribution in [1.29, 1.82) is 0 Å². The van der Waals surface area contributed by atoms with Gasteiger partial charge in [-0.05, 0) is 30.7 Å². The minimum absolute atomic E-state index is 0.111. The highest BCUT2D eigenvalue weighted by Crippen LogP contribution is 2.30. The first-order valence-electron chi connectivity index (χ1n) is 8.24. The molecular formula is C19H22N4O2. The molecule has 2 N–H and O–H groups in total. The zero-order chi connectivity index (χ0) is 17.6. The topological polar surface area (TPSA) is 72.2 Å². The number of ether oxygens (including phenoxy) is 1. The summed E-state index contributed by atoms with van der Waals surface area (Å²) in [5.74, 6) is 0.740. The Morgan fingerprint density at radius 2 is 2.12 bits per heavy atom. The predicted molar refractivity (Wildman–Crippen MR) is 98.3 cm³/mol. The Balaban J connectivity index is 1.92. The molecule has 3 aromatic rings. The summed E-state index contributed by atoms with van der Waals surface area (Å²) in [5.41, 5.74) is 5.01. The number of pyridine rings is 1. The van der Waals surface area contributed by atoms with Crippen molar-refractivity contribution in [2.45, 2.75) is 13.3 Å². The van der Waals surface area contributed by atoms with Crippen molar-refractivity contribution in [3.8, 4) is 22.6 Å². The minimum atomic E-state index is 0.111. The third-order valence-electron chi connectivity index (χ3n) is 3.98. The van der Waals surface area contributed by atoms with Gasteiger partial charge in [-0.15, -0.1) is 0 Å². The Labute approximate surface area is 147 Å². The molecule has 0 unspecified atom stereocenters. The van der Waals surface area contributed by atoms with Gasteiger partial charge < -0.3 is 15.2 Å². The van der Waals surface area contributed by atoms with E-state index in [0.29, 0.717) is 13.0 Å². The van der Waals surface area contributed by atoms with Gasteiger partial charge in [-0.1, -0.05) is 6.07 Å². The van der Waals surface area contributed by atoms with E-state index in [1.807, 2.05) is 30.1 Å². The summed E-state index contributed by atoms with van der Waals surface area (Å²) >= 11 is 0. The van der Waals surface area contributed by atoms with Gasteiger partial charge in [0.25, 0.3) is 0 Å². The second-order valence-electron chi connectivity index (χ2n) is 5.72. The fourth-order valence-corrected chi connectivity index (χ4v) is 2.58. The van der Waals surface area contributed by atoms with Crippen LogP contribution in [0.25, 0.3) is 16.8 Å². The van der Waals surface area contributed by atoms with Crippen molar-refractivity contribution in [2.24, 2.45) is 0 Å². The number of nitrogens with one attached hydrogen (secondary N) is 1. The van der Waals surface area contributed by atoms with E-state index in [2.05, 4.69) is 34.5 Å². The van der Waals surface area contributed by atoms with Crippen molar-refractivity contribution in [2.75, 3.05) is 25.6 Å². The number of aliphatic hydroxyl groups is 1. The molecule has 0 aliphatic heterocycles. The molecule has 2 heterocycles. The van der Waals surface area contributed by atoms with Crippen LogP contribution in [0.5, 0.6) is 5.75 Å². The molecule has 3 rings (SSSR count). The molecule has 6 heteroatoms. The average molecular weight is 338 g/mol. The maximum atomic E-state index is 8.92. The Morgan fingerprint density at radius 3 is 2.92 bits per heavy atom. The van der Waals surface area contributed by atoms with Gasteiger partial charge in [-0.3, -0.25) is 4.98 Å². The highest BCUT2D eigenvalue weighted by molar-refractivity contribution is 5.68. The summed E-state index contributed by atoms with van der Waals surface area (Å²) in [7, 11) is 1.90. The molecule has 0 saturated carbocycles. The van der Waals surface area contributed by atoms with Gasteiger partial charge in [0.05, 0.1) is 18.5 Å². The molecule has 0 aliphatic carbocycles. The Morgan fingerprint density at radius 1 is 1.24 bits per heavy atom. The van der Waals surface area contributed by atoms with Crippen LogP contribution in [0.3, 0.4) is 0 Å². The van der Waals surface area contributed by atoms with Crippen LogP contribution in [0.4, 0.5) is 5.69 Å². The highest BCUT2D eigenvalue weighted by atomic mass is 16.5. The van der Waals surface area contributed by atoms with Crippen LogP contribution in [0, 0.1) is 6.92 Å². The summed E-state index contributed by atoms with van der Waals surface area (Å²) in [6.07, 6.45) is 7.84. The maximum Gasteiger partial charge on any atom is 0.130 e. The molecule has 0 spiro atoms. The van der Waals surface area contributed by atoms with E-state index in [9.17, 15) is 0 Å². The maximum absolute atomic E-state index is 8.92. The van der Waals surface area contributed by atoms with Gasteiger partial charge in [0.2, 0.25) is 0 Å². The van der Waals surface area contributed by atoms with Crippen molar-refractivity contribution in [3.63, 3.8) is 0 Å². The lowest BCUT2D eigenvalue weighted by atomic mass is 10.1. The predicted octanol–water partition coefficient (Wildman–Crippen LogP) is 3.05. The first kappa shape index (κ1) is 17.0. The summed E-state index contributed by atoms with van der Waals surface area (Å²) in [6.45, 7) is 2.63. The normalized spacial score (nSPS) is 10.7. The third-order valence-corrected chi connectivity index (χ3v) is 3.98. The smallest absolute Gasteiger partial charge is 0.130 e. The SMILES string of the molecule is CNc1ccc(C)c(-n2cc(-c3cnccc3OCCCO)cn2)c1. The Bertz CT molecular complexity index is 845. The zero-order valence-electron chi connectivity index (χ0n) is 14.4. The molecule has 0 aliphatic rings. The quantitative estimate of drug-likeness (QED) is 0.648. The number of hydrogen-bond donors (Lipinski definition) is 2. The number of aliphatic hydroxyl groups excluding tert-OH is 1. The van der Waals surface area contributed by atoms with Gasteiger partial charge in [-0.2, -0.15) is 5.10 Å². The first-order valence-corrected chi connectivity index (χ1v) is 8.24. The van der Waals surface area contributed by atoms with Gasteiger partial charge >= 0.3 is 0 Å². The van der Waals surface area contributed by atoms with Crippen LogP contribution in [0.2, 0.25) is 0 Å². The van der Waals surface area contributed by atoms with Gasteiger partial charge in [0.15, 0.2) is 0 Å². The van der Waals surface area contributed by atoms with Gasteiger partial charge in [-0.25, -0.2) is 4.68 Å². The molecule has 25 heavy (non-hydrogen) atoms. The number of rotatable bonds is 7. The van der Waals surface area contributed by atoms with E-state index in [4.69, 9.17) is 9.84 Å². The molecule has 0 bridgehead atoms. The number of anilines is 1. The summed E-state index contributed by atoms with van der Waals surface area (Å²) in [4.78, 5) is 4.20. The van der Waals surface area contributed by atoms with Gasteiger partial charge in [0, 0.05) is 55.5 Å². The monoisotopic (exact) mass is 338 g/mol. The number of hydrogen-bond acceptors (Lipinski definition) is 5. The molecule has 6 nitrogen and oxygen atoms in total. The van der Waals surface area contributed by atoms with E-state index in [1.54, 1.807) is 18.6 Å².